The molecule has 3 aromatic rings. The first-order chi connectivity index (χ1) is 15.3. The number of nitrogens with zero attached hydrogens (tertiary/aromatic N) is 2. The Morgan fingerprint density at radius 1 is 1.09 bits per heavy atom. The molecule has 1 heterocycles. The number of halogens is 1. The Kier molecular flexibility index (Phi) is 7.34. The Labute approximate surface area is 200 Å². The quantitative estimate of drug-likeness (QED) is 0.213. The molecule has 0 saturated heterocycles. The lowest BCUT2D eigenvalue weighted by Crippen LogP contribution is -2.17. The predicted octanol–water partition coefficient (Wildman–Crippen LogP) is 4.57. The van der Waals surface area contributed by atoms with Gasteiger partial charge in [-0.05, 0) is 85.3 Å². The van der Waals surface area contributed by atoms with Crippen LogP contribution >= 0.6 is 22.6 Å². The molecule has 7 nitrogen and oxygen atoms in total. The van der Waals surface area contributed by atoms with Crippen molar-refractivity contribution in [1.82, 2.24) is 9.99 Å². The predicted molar refractivity (Wildman–Crippen MR) is 132 cm³/mol. The molecular weight excluding hydrogens is 521 g/mol. The van der Waals surface area contributed by atoms with E-state index in [-0.39, 0.29) is 11.9 Å². The summed E-state index contributed by atoms with van der Waals surface area (Å²) in [6.45, 7) is 5.83. The van der Waals surface area contributed by atoms with E-state index >= 15 is 0 Å². The van der Waals surface area contributed by atoms with Crippen molar-refractivity contribution in [1.29, 1.82) is 0 Å². The number of methoxy groups -OCH3 is 2. The van der Waals surface area contributed by atoms with E-state index in [0.29, 0.717) is 16.9 Å². The van der Waals surface area contributed by atoms with Crippen LogP contribution in [0, 0.1) is 24.3 Å². The van der Waals surface area contributed by atoms with Crippen LogP contribution in [0.3, 0.4) is 0 Å². The molecule has 32 heavy (non-hydrogen) atoms. The average Bonchev–Trinajstić information content (AvgIpc) is 3.06. The zero-order chi connectivity index (χ0) is 23.4. The maximum atomic E-state index is 12.4. The smallest absolute Gasteiger partial charge is 0.338 e. The lowest BCUT2D eigenvalue weighted by atomic mass is 10.1. The number of aryl methyl sites for hydroxylation is 1. The molecule has 0 radical (unpaired) electrons. The number of esters is 1. The summed E-state index contributed by atoms with van der Waals surface area (Å²) in [6.07, 6.45) is 1.61. The molecular formula is C24H24IN3O4. The number of hydrazone groups is 1. The maximum absolute atomic E-state index is 12.4. The van der Waals surface area contributed by atoms with Crippen molar-refractivity contribution in [2.75, 3.05) is 14.2 Å². The first kappa shape index (κ1) is 23.5. The molecule has 1 amide bonds. The second-order valence-electron chi connectivity index (χ2n) is 7.15. The molecule has 0 saturated carbocycles. The number of rotatable bonds is 6. The SMILES string of the molecule is COC(=O)c1cccc(-n2c(C)cc(C=NNC(=O)c3ccc(I)c(OC)c3)c2C)c1C. The summed E-state index contributed by atoms with van der Waals surface area (Å²) in [4.78, 5) is 24.5. The minimum atomic E-state index is -0.372. The number of carbonyl (C=O) groups is 2. The molecule has 0 atom stereocenters. The van der Waals surface area contributed by atoms with E-state index in [1.54, 1.807) is 31.5 Å². The summed E-state index contributed by atoms with van der Waals surface area (Å²) in [7, 11) is 2.94. The fourth-order valence-corrected chi connectivity index (χ4v) is 4.07. The van der Waals surface area contributed by atoms with E-state index in [1.165, 1.54) is 7.11 Å². The summed E-state index contributed by atoms with van der Waals surface area (Å²) >= 11 is 2.15. The number of ether oxygens (including phenoxy) is 2. The minimum Gasteiger partial charge on any atom is -0.496 e. The summed E-state index contributed by atoms with van der Waals surface area (Å²) < 4.78 is 13.1. The Bertz CT molecular complexity index is 1210. The second-order valence-corrected chi connectivity index (χ2v) is 8.31. The molecule has 0 aliphatic rings. The number of amides is 1. The van der Waals surface area contributed by atoms with Crippen LogP contribution in [0.5, 0.6) is 5.75 Å². The van der Waals surface area contributed by atoms with Crippen molar-refractivity contribution in [2.45, 2.75) is 20.8 Å². The normalized spacial score (nSPS) is 10.9. The number of hydrogen-bond donors (Lipinski definition) is 1. The summed E-state index contributed by atoms with van der Waals surface area (Å²) in [5.74, 6) is -0.0646. The first-order valence-corrected chi connectivity index (χ1v) is 10.9. The fraction of sp³-hybridized carbons (Fsp3) is 0.208. The summed E-state index contributed by atoms with van der Waals surface area (Å²) in [5, 5.41) is 4.13. The van der Waals surface area contributed by atoms with E-state index in [0.717, 1.165) is 31.8 Å². The van der Waals surface area contributed by atoms with Gasteiger partial charge in [0.05, 0.1) is 29.6 Å². The molecule has 166 valence electrons. The van der Waals surface area contributed by atoms with E-state index in [4.69, 9.17) is 9.47 Å². The molecule has 0 unspecified atom stereocenters. The number of aromatic nitrogens is 1. The highest BCUT2D eigenvalue weighted by Crippen LogP contribution is 2.25. The van der Waals surface area contributed by atoms with Crippen LogP contribution in [0.2, 0.25) is 0 Å². The highest BCUT2D eigenvalue weighted by atomic mass is 127. The Morgan fingerprint density at radius 3 is 2.53 bits per heavy atom. The highest BCUT2D eigenvalue weighted by molar-refractivity contribution is 14.1. The molecule has 3 rings (SSSR count). The van der Waals surface area contributed by atoms with Crippen molar-refractivity contribution >= 4 is 40.7 Å². The van der Waals surface area contributed by atoms with Crippen LogP contribution in [0.15, 0.2) is 47.6 Å². The van der Waals surface area contributed by atoms with Crippen LogP contribution in [0.1, 0.15) is 43.2 Å². The van der Waals surface area contributed by atoms with E-state index in [1.807, 2.05) is 45.0 Å². The van der Waals surface area contributed by atoms with Gasteiger partial charge in [-0.3, -0.25) is 4.79 Å². The minimum absolute atomic E-state index is 0.327. The molecule has 8 heteroatoms. The van der Waals surface area contributed by atoms with Crippen molar-refractivity contribution in [2.24, 2.45) is 5.10 Å². The zero-order valence-corrected chi connectivity index (χ0v) is 20.7. The molecule has 1 N–H and O–H groups in total. The Balaban J connectivity index is 1.85. The lowest BCUT2D eigenvalue weighted by molar-refractivity contribution is 0.0599. The topological polar surface area (TPSA) is 81.9 Å². The van der Waals surface area contributed by atoms with Crippen LogP contribution in [0.4, 0.5) is 0 Å². The van der Waals surface area contributed by atoms with Gasteiger partial charge in [0, 0.05) is 28.2 Å². The van der Waals surface area contributed by atoms with Crippen molar-refractivity contribution in [3.63, 3.8) is 0 Å². The van der Waals surface area contributed by atoms with Crippen LogP contribution < -0.4 is 10.2 Å². The molecule has 0 aliphatic heterocycles. The number of carbonyl (C=O) groups excluding carboxylic acids is 2. The van der Waals surface area contributed by atoms with Crippen LogP contribution in [-0.4, -0.2) is 36.9 Å². The highest BCUT2D eigenvalue weighted by Gasteiger charge is 2.16. The lowest BCUT2D eigenvalue weighted by Gasteiger charge is -2.15. The largest absolute Gasteiger partial charge is 0.496 e. The Hall–Kier alpha value is -3.14. The third-order valence-corrected chi connectivity index (χ3v) is 6.10. The zero-order valence-electron chi connectivity index (χ0n) is 18.5. The van der Waals surface area contributed by atoms with Gasteiger partial charge in [0.25, 0.3) is 5.91 Å². The average molecular weight is 545 g/mol. The van der Waals surface area contributed by atoms with E-state index in [2.05, 4.69) is 37.7 Å². The van der Waals surface area contributed by atoms with Crippen molar-refractivity contribution < 1.29 is 19.1 Å². The van der Waals surface area contributed by atoms with Crippen LogP contribution in [0.25, 0.3) is 5.69 Å². The van der Waals surface area contributed by atoms with E-state index in [9.17, 15) is 9.59 Å². The molecule has 2 aromatic carbocycles. The van der Waals surface area contributed by atoms with Gasteiger partial charge < -0.3 is 14.0 Å². The fourth-order valence-electron chi connectivity index (χ4n) is 3.51. The van der Waals surface area contributed by atoms with Gasteiger partial charge >= 0.3 is 5.97 Å². The van der Waals surface area contributed by atoms with Crippen molar-refractivity contribution in [3.8, 4) is 11.4 Å². The number of benzene rings is 2. The monoisotopic (exact) mass is 545 g/mol. The van der Waals surface area contributed by atoms with Gasteiger partial charge in [0.15, 0.2) is 0 Å². The van der Waals surface area contributed by atoms with Gasteiger partial charge in [-0.1, -0.05) is 6.07 Å². The van der Waals surface area contributed by atoms with Gasteiger partial charge in [-0.25, -0.2) is 10.2 Å². The third kappa shape index (κ3) is 4.69. The Morgan fingerprint density at radius 2 is 1.84 bits per heavy atom. The molecule has 0 aliphatic carbocycles. The third-order valence-electron chi connectivity index (χ3n) is 5.20. The van der Waals surface area contributed by atoms with E-state index < -0.39 is 0 Å². The summed E-state index contributed by atoms with van der Waals surface area (Å²) in [5.41, 5.74) is 8.01. The summed E-state index contributed by atoms with van der Waals surface area (Å²) in [6, 6.07) is 12.7. The van der Waals surface area contributed by atoms with Gasteiger partial charge in [0.2, 0.25) is 0 Å². The number of hydrogen-bond acceptors (Lipinski definition) is 5. The van der Waals surface area contributed by atoms with Crippen LogP contribution in [-0.2, 0) is 4.74 Å². The molecule has 0 fully saturated rings. The second kappa shape index (κ2) is 9.99. The van der Waals surface area contributed by atoms with Crippen molar-refractivity contribution in [3.05, 3.63) is 79.7 Å². The maximum Gasteiger partial charge on any atom is 0.338 e. The standard InChI is InChI=1S/C24H24IN3O4/c1-14-11-18(13-26-27-23(29)17-9-10-20(25)22(12-17)31-4)16(3)28(14)21-8-6-7-19(15(21)2)24(30)32-5/h6-13H,1-5H3,(H,27,29). The van der Waals surface area contributed by atoms with Gasteiger partial charge in [-0.2, -0.15) is 5.10 Å². The van der Waals surface area contributed by atoms with Gasteiger partial charge in [0.1, 0.15) is 5.75 Å². The number of nitrogens with one attached hydrogen (secondary N) is 1. The van der Waals surface area contributed by atoms with Gasteiger partial charge in [-0.15, -0.1) is 0 Å². The first-order valence-electron chi connectivity index (χ1n) is 9.82. The molecule has 1 aromatic heterocycles. The molecule has 0 spiro atoms. The molecule has 0 bridgehead atoms.